The first-order valence-electron chi connectivity index (χ1n) is 5.66. The van der Waals surface area contributed by atoms with Gasteiger partial charge in [0.1, 0.15) is 11.3 Å². The Morgan fingerprint density at radius 2 is 2.16 bits per heavy atom. The van der Waals surface area contributed by atoms with Gasteiger partial charge in [0.25, 0.3) is 5.56 Å². The highest BCUT2D eigenvalue weighted by Crippen LogP contribution is 2.26. The summed E-state index contributed by atoms with van der Waals surface area (Å²) >= 11 is 5.94. The highest BCUT2D eigenvalue weighted by atomic mass is 35.5. The van der Waals surface area contributed by atoms with Gasteiger partial charge < -0.3 is 15.3 Å². The van der Waals surface area contributed by atoms with Crippen LogP contribution in [0.25, 0.3) is 22.4 Å². The summed E-state index contributed by atoms with van der Waals surface area (Å²) in [5.74, 6) is 0.599. The van der Waals surface area contributed by atoms with E-state index in [-0.39, 0.29) is 5.56 Å². The van der Waals surface area contributed by atoms with Crippen LogP contribution in [0.5, 0.6) is 0 Å². The number of aromatic nitrogens is 3. The highest BCUT2D eigenvalue weighted by molar-refractivity contribution is 6.31. The van der Waals surface area contributed by atoms with Crippen molar-refractivity contribution in [1.29, 1.82) is 0 Å². The van der Waals surface area contributed by atoms with E-state index in [1.54, 1.807) is 25.4 Å². The number of imidazole rings is 1. The lowest BCUT2D eigenvalue weighted by molar-refractivity contribution is 0.860. The Bertz CT molecular complexity index is 834. The fourth-order valence-corrected chi connectivity index (χ4v) is 2.17. The van der Waals surface area contributed by atoms with Gasteiger partial charge in [-0.2, -0.15) is 0 Å². The van der Waals surface area contributed by atoms with Crippen molar-refractivity contribution in [3.63, 3.8) is 0 Å². The van der Waals surface area contributed by atoms with E-state index in [1.165, 1.54) is 10.6 Å². The van der Waals surface area contributed by atoms with Gasteiger partial charge in [0.15, 0.2) is 0 Å². The number of rotatable bonds is 1. The molecule has 1 aromatic carbocycles. The van der Waals surface area contributed by atoms with E-state index in [2.05, 4.69) is 9.97 Å². The maximum absolute atomic E-state index is 11.6. The van der Waals surface area contributed by atoms with Gasteiger partial charge in [-0.15, -0.1) is 0 Å². The third-order valence-corrected chi connectivity index (χ3v) is 3.18. The molecule has 2 heterocycles. The molecule has 0 radical (unpaired) electrons. The molecular weight excluding hydrogens is 264 g/mol. The Kier molecular flexibility index (Phi) is 2.57. The summed E-state index contributed by atoms with van der Waals surface area (Å²) in [5.41, 5.74) is 8.41. The Balaban J connectivity index is 2.23. The van der Waals surface area contributed by atoms with Crippen molar-refractivity contribution >= 4 is 28.3 Å². The topological polar surface area (TPSA) is 76.7 Å². The molecule has 6 heteroatoms. The van der Waals surface area contributed by atoms with Gasteiger partial charge in [0, 0.05) is 29.9 Å². The van der Waals surface area contributed by atoms with Crippen LogP contribution in [0.2, 0.25) is 5.02 Å². The van der Waals surface area contributed by atoms with E-state index in [0.29, 0.717) is 22.1 Å². The summed E-state index contributed by atoms with van der Waals surface area (Å²) < 4.78 is 1.50. The van der Waals surface area contributed by atoms with Crippen molar-refractivity contribution in [2.45, 2.75) is 0 Å². The SMILES string of the molecule is Cn1ccc(-c2nc3c(N)cc(Cl)cc3[nH]2)cc1=O. The second kappa shape index (κ2) is 4.13. The minimum absolute atomic E-state index is 0.0936. The molecule has 0 bridgehead atoms. The van der Waals surface area contributed by atoms with Crippen LogP contribution in [0, 0.1) is 0 Å². The molecule has 0 aliphatic carbocycles. The summed E-state index contributed by atoms with van der Waals surface area (Å²) in [7, 11) is 1.70. The first-order chi connectivity index (χ1) is 9.04. The maximum Gasteiger partial charge on any atom is 0.250 e. The number of halogens is 1. The van der Waals surface area contributed by atoms with Crippen molar-refractivity contribution in [3.8, 4) is 11.4 Å². The normalized spacial score (nSPS) is 11.1. The standard InChI is InChI=1S/C13H11ClN4O/c1-18-3-2-7(4-11(18)19)13-16-10-6-8(14)5-9(15)12(10)17-13/h2-6H,15H2,1H3,(H,16,17). The lowest BCUT2D eigenvalue weighted by Gasteiger charge is -1.98. The van der Waals surface area contributed by atoms with Crippen LogP contribution in [-0.2, 0) is 7.05 Å². The molecule has 0 aliphatic rings. The number of benzene rings is 1. The molecule has 0 fully saturated rings. The number of nitrogen functional groups attached to an aromatic ring is 1. The molecule has 0 unspecified atom stereocenters. The molecule has 5 nitrogen and oxygen atoms in total. The number of aromatic amines is 1. The Morgan fingerprint density at radius 3 is 2.89 bits per heavy atom. The predicted molar refractivity (Wildman–Crippen MR) is 76.2 cm³/mol. The van der Waals surface area contributed by atoms with E-state index in [0.717, 1.165) is 11.1 Å². The number of anilines is 1. The molecule has 3 aromatic rings. The van der Waals surface area contributed by atoms with Crippen molar-refractivity contribution in [1.82, 2.24) is 14.5 Å². The first kappa shape index (κ1) is 11.8. The zero-order chi connectivity index (χ0) is 13.6. The number of hydrogen-bond acceptors (Lipinski definition) is 3. The Labute approximate surface area is 113 Å². The second-order valence-electron chi connectivity index (χ2n) is 4.34. The molecule has 3 rings (SSSR count). The lowest BCUT2D eigenvalue weighted by atomic mass is 10.2. The third-order valence-electron chi connectivity index (χ3n) is 2.96. The van der Waals surface area contributed by atoms with Gasteiger partial charge >= 0.3 is 0 Å². The number of pyridine rings is 1. The zero-order valence-electron chi connectivity index (χ0n) is 10.1. The predicted octanol–water partition coefficient (Wildman–Crippen LogP) is 2.16. The van der Waals surface area contributed by atoms with Crippen LogP contribution in [0.1, 0.15) is 0 Å². The quantitative estimate of drug-likeness (QED) is 0.668. The molecule has 0 saturated carbocycles. The number of nitrogens with two attached hydrogens (primary N) is 1. The number of nitrogens with zero attached hydrogens (tertiary/aromatic N) is 2. The zero-order valence-corrected chi connectivity index (χ0v) is 10.9. The van der Waals surface area contributed by atoms with Gasteiger partial charge in [0.05, 0.1) is 11.2 Å². The van der Waals surface area contributed by atoms with E-state index in [9.17, 15) is 4.79 Å². The molecule has 0 amide bonds. The van der Waals surface area contributed by atoms with Crippen LogP contribution in [0.4, 0.5) is 5.69 Å². The number of fused-ring (bicyclic) bond motifs is 1. The summed E-state index contributed by atoms with van der Waals surface area (Å²) in [5, 5.41) is 0.546. The summed E-state index contributed by atoms with van der Waals surface area (Å²) in [4.78, 5) is 19.1. The monoisotopic (exact) mass is 274 g/mol. The summed E-state index contributed by atoms with van der Waals surface area (Å²) in [6, 6.07) is 6.75. The Hall–Kier alpha value is -2.27. The average Bonchev–Trinajstić information content (AvgIpc) is 2.76. The largest absolute Gasteiger partial charge is 0.397 e. The minimum atomic E-state index is -0.0936. The Morgan fingerprint density at radius 1 is 1.37 bits per heavy atom. The number of aryl methyl sites for hydroxylation is 1. The van der Waals surface area contributed by atoms with Crippen LogP contribution in [0.3, 0.4) is 0 Å². The maximum atomic E-state index is 11.6. The van der Waals surface area contributed by atoms with E-state index < -0.39 is 0 Å². The second-order valence-corrected chi connectivity index (χ2v) is 4.78. The highest BCUT2D eigenvalue weighted by Gasteiger charge is 2.09. The third kappa shape index (κ3) is 1.98. The summed E-state index contributed by atoms with van der Waals surface area (Å²) in [6.07, 6.45) is 1.70. The lowest BCUT2D eigenvalue weighted by Crippen LogP contribution is -2.14. The number of H-pyrrole nitrogens is 1. The van der Waals surface area contributed by atoms with E-state index in [1.807, 2.05) is 6.07 Å². The van der Waals surface area contributed by atoms with Crippen LogP contribution >= 0.6 is 11.6 Å². The molecule has 19 heavy (non-hydrogen) atoms. The van der Waals surface area contributed by atoms with Gasteiger partial charge in [-0.3, -0.25) is 4.79 Å². The number of hydrogen-bond donors (Lipinski definition) is 2. The van der Waals surface area contributed by atoms with Crippen molar-refractivity contribution < 1.29 is 0 Å². The summed E-state index contributed by atoms with van der Waals surface area (Å²) in [6.45, 7) is 0. The molecule has 0 spiro atoms. The fraction of sp³-hybridized carbons (Fsp3) is 0.0769. The van der Waals surface area contributed by atoms with Crippen LogP contribution < -0.4 is 11.3 Å². The van der Waals surface area contributed by atoms with Gasteiger partial charge in [-0.05, 0) is 18.2 Å². The molecular formula is C13H11ClN4O. The molecule has 0 aliphatic heterocycles. The van der Waals surface area contributed by atoms with Gasteiger partial charge in [-0.25, -0.2) is 4.98 Å². The van der Waals surface area contributed by atoms with E-state index in [4.69, 9.17) is 17.3 Å². The van der Waals surface area contributed by atoms with Crippen molar-refractivity contribution in [2.24, 2.45) is 7.05 Å². The first-order valence-corrected chi connectivity index (χ1v) is 6.04. The van der Waals surface area contributed by atoms with Crippen LogP contribution in [-0.4, -0.2) is 14.5 Å². The van der Waals surface area contributed by atoms with E-state index >= 15 is 0 Å². The molecule has 3 N–H and O–H groups in total. The van der Waals surface area contributed by atoms with Crippen molar-refractivity contribution in [2.75, 3.05) is 5.73 Å². The van der Waals surface area contributed by atoms with Crippen LogP contribution in [0.15, 0.2) is 35.3 Å². The van der Waals surface area contributed by atoms with Gasteiger partial charge in [0.2, 0.25) is 0 Å². The fourth-order valence-electron chi connectivity index (χ4n) is 1.94. The molecule has 2 aromatic heterocycles. The number of nitrogens with one attached hydrogen (secondary N) is 1. The average molecular weight is 275 g/mol. The molecule has 0 saturated heterocycles. The minimum Gasteiger partial charge on any atom is -0.397 e. The smallest absolute Gasteiger partial charge is 0.250 e. The van der Waals surface area contributed by atoms with Gasteiger partial charge in [-0.1, -0.05) is 11.6 Å². The molecule has 96 valence electrons. The van der Waals surface area contributed by atoms with Crippen molar-refractivity contribution in [3.05, 3.63) is 45.8 Å². The molecule has 0 atom stereocenters.